The van der Waals surface area contributed by atoms with Crippen LogP contribution in [0.25, 0.3) is 0 Å². The van der Waals surface area contributed by atoms with E-state index in [1.807, 2.05) is 19.1 Å². The Balaban J connectivity index is 2.58. The molecule has 0 saturated carbocycles. The van der Waals surface area contributed by atoms with Crippen molar-refractivity contribution in [2.75, 3.05) is 27.4 Å². The van der Waals surface area contributed by atoms with Crippen molar-refractivity contribution in [3.8, 4) is 11.5 Å². The Morgan fingerprint density at radius 1 is 1.22 bits per heavy atom. The van der Waals surface area contributed by atoms with Crippen molar-refractivity contribution in [3.05, 3.63) is 23.3 Å². The fraction of sp³-hybridized carbons (Fsp3) is 0.500. The van der Waals surface area contributed by atoms with E-state index in [0.29, 0.717) is 19.0 Å². The van der Waals surface area contributed by atoms with Crippen molar-refractivity contribution in [2.24, 2.45) is 0 Å². The van der Waals surface area contributed by atoms with Gasteiger partial charge in [-0.15, -0.1) is 0 Å². The van der Waals surface area contributed by atoms with Crippen LogP contribution in [-0.2, 0) is 14.9 Å². The van der Waals surface area contributed by atoms with Gasteiger partial charge in [0.2, 0.25) is 0 Å². The quantitative estimate of drug-likeness (QED) is 0.818. The maximum absolute atomic E-state index is 11.9. The van der Waals surface area contributed by atoms with Crippen LogP contribution in [0, 0.1) is 6.92 Å². The van der Waals surface area contributed by atoms with Gasteiger partial charge in [-0.3, -0.25) is 4.79 Å². The van der Waals surface area contributed by atoms with Gasteiger partial charge in [-0.1, -0.05) is 0 Å². The van der Waals surface area contributed by atoms with Gasteiger partial charge in [0.1, 0.15) is 22.7 Å². The number of aryl methyl sites for hydroxylation is 1. The van der Waals surface area contributed by atoms with Crippen LogP contribution in [0.1, 0.15) is 18.1 Å². The molecule has 4 nitrogen and oxygen atoms in total. The summed E-state index contributed by atoms with van der Waals surface area (Å²) in [6.07, 6.45) is 0. The molecule has 1 aromatic carbocycles. The topological polar surface area (TPSA) is 44.8 Å². The highest BCUT2D eigenvalue weighted by atomic mass is 16.5. The molecule has 1 aliphatic heterocycles. The third kappa shape index (κ3) is 1.77. The summed E-state index contributed by atoms with van der Waals surface area (Å²) in [4.78, 5) is 11.9. The Bertz CT molecular complexity index is 475. The first kappa shape index (κ1) is 12.9. The standard InChI is InChI=1S/C14H18O4/c1-9-5-13(17-4)11(6-12(9)16-3)14(10(2)15)7-18-8-14/h5-6H,7-8H2,1-4H3. The molecule has 98 valence electrons. The van der Waals surface area contributed by atoms with E-state index < -0.39 is 5.41 Å². The Morgan fingerprint density at radius 3 is 2.22 bits per heavy atom. The highest BCUT2D eigenvalue weighted by Gasteiger charge is 2.47. The summed E-state index contributed by atoms with van der Waals surface area (Å²) in [6, 6.07) is 3.79. The van der Waals surface area contributed by atoms with E-state index in [9.17, 15) is 4.79 Å². The van der Waals surface area contributed by atoms with Crippen LogP contribution in [0.5, 0.6) is 11.5 Å². The molecule has 0 unspecified atom stereocenters. The van der Waals surface area contributed by atoms with Crippen LogP contribution < -0.4 is 9.47 Å². The summed E-state index contributed by atoms with van der Waals surface area (Å²) in [5.41, 5.74) is 1.26. The van der Waals surface area contributed by atoms with Gasteiger partial charge in [0.15, 0.2) is 0 Å². The van der Waals surface area contributed by atoms with E-state index in [-0.39, 0.29) is 5.78 Å². The van der Waals surface area contributed by atoms with Crippen molar-refractivity contribution in [1.82, 2.24) is 0 Å². The number of methoxy groups -OCH3 is 2. The summed E-state index contributed by atoms with van der Waals surface area (Å²) in [6.45, 7) is 4.35. The van der Waals surface area contributed by atoms with E-state index >= 15 is 0 Å². The van der Waals surface area contributed by atoms with Gasteiger partial charge in [0.25, 0.3) is 0 Å². The zero-order chi connectivity index (χ0) is 13.3. The monoisotopic (exact) mass is 250 g/mol. The molecule has 2 rings (SSSR count). The van der Waals surface area contributed by atoms with Crippen molar-refractivity contribution in [1.29, 1.82) is 0 Å². The molecule has 0 radical (unpaired) electrons. The minimum atomic E-state index is -0.577. The van der Waals surface area contributed by atoms with Gasteiger partial charge in [-0.25, -0.2) is 0 Å². The molecule has 4 heteroatoms. The number of hydrogen-bond donors (Lipinski definition) is 0. The van der Waals surface area contributed by atoms with Crippen molar-refractivity contribution < 1.29 is 19.0 Å². The Labute approximate surface area is 107 Å². The van der Waals surface area contributed by atoms with Crippen LogP contribution in [0.3, 0.4) is 0 Å². The maximum atomic E-state index is 11.9. The summed E-state index contributed by atoms with van der Waals surface area (Å²) < 4.78 is 16.0. The molecular weight excluding hydrogens is 232 g/mol. The van der Waals surface area contributed by atoms with Gasteiger partial charge >= 0.3 is 0 Å². The zero-order valence-electron chi connectivity index (χ0n) is 11.2. The fourth-order valence-electron chi connectivity index (χ4n) is 2.28. The first-order valence-corrected chi connectivity index (χ1v) is 5.87. The molecule has 0 aliphatic carbocycles. The lowest BCUT2D eigenvalue weighted by atomic mass is 9.74. The molecule has 1 aromatic rings. The first-order chi connectivity index (χ1) is 8.55. The normalized spacial score (nSPS) is 16.9. The summed E-state index contributed by atoms with van der Waals surface area (Å²) in [7, 11) is 3.23. The third-order valence-electron chi connectivity index (χ3n) is 3.60. The fourth-order valence-corrected chi connectivity index (χ4v) is 2.28. The van der Waals surface area contributed by atoms with Crippen LogP contribution in [-0.4, -0.2) is 33.2 Å². The maximum Gasteiger partial charge on any atom is 0.145 e. The first-order valence-electron chi connectivity index (χ1n) is 5.87. The number of ketones is 1. The average Bonchev–Trinajstić information content (AvgIpc) is 2.28. The second-order valence-corrected chi connectivity index (χ2v) is 4.65. The molecule has 18 heavy (non-hydrogen) atoms. The zero-order valence-corrected chi connectivity index (χ0v) is 11.2. The largest absolute Gasteiger partial charge is 0.496 e. The lowest BCUT2D eigenvalue weighted by Crippen LogP contribution is -2.52. The smallest absolute Gasteiger partial charge is 0.145 e. The van der Waals surface area contributed by atoms with Crippen LogP contribution >= 0.6 is 0 Å². The highest BCUT2D eigenvalue weighted by Crippen LogP contribution is 2.41. The van der Waals surface area contributed by atoms with Gasteiger partial charge in [0, 0.05) is 5.56 Å². The lowest BCUT2D eigenvalue weighted by Gasteiger charge is -2.40. The van der Waals surface area contributed by atoms with Crippen LogP contribution in [0.15, 0.2) is 12.1 Å². The highest BCUT2D eigenvalue weighted by molar-refractivity contribution is 5.90. The Morgan fingerprint density at radius 2 is 1.83 bits per heavy atom. The van der Waals surface area contributed by atoms with Crippen molar-refractivity contribution in [2.45, 2.75) is 19.3 Å². The SMILES string of the molecule is COc1cc(C2(C(C)=O)COC2)c(OC)cc1C. The minimum absolute atomic E-state index is 0.0953. The lowest BCUT2D eigenvalue weighted by molar-refractivity contribution is -0.140. The molecule has 1 fully saturated rings. The number of Topliss-reactive ketones (excluding diaryl/α,β-unsaturated/α-hetero) is 1. The van der Waals surface area contributed by atoms with Gasteiger partial charge < -0.3 is 14.2 Å². The van der Waals surface area contributed by atoms with E-state index in [0.717, 1.165) is 16.9 Å². The molecule has 0 amide bonds. The second-order valence-electron chi connectivity index (χ2n) is 4.65. The molecule has 1 aliphatic rings. The second kappa shape index (κ2) is 4.61. The van der Waals surface area contributed by atoms with Crippen molar-refractivity contribution >= 4 is 5.78 Å². The van der Waals surface area contributed by atoms with E-state index in [1.165, 1.54) is 0 Å². The van der Waals surface area contributed by atoms with E-state index in [2.05, 4.69) is 0 Å². The number of benzene rings is 1. The molecule has 0 atom stereocenters. The molecular formula is C14H18O4. The van der Waals surface area contributed by atoms with Gasteiger partial charge in [-0.2, -0.15) is 0 Å². The molecule has 1 saturated heterocycles. The predicted molar refractivity (Wildman–Crippen MR) is 67.5 cm³/mol. The summed E-state index contributed by atoms with van der Waals surface area (Å²) >= 11 is 0. The number of rotatable bonds is 4. The molecule has 0 spiro atoms. The predicted octanol–water partition coefficient (Wildman–Crippen LogP) is 1.87. The van der Waals surface area contributed by atoms with Gasteiger partial charge in [-0.05, 0) is 31.5 Å². The molecule has 0 N–H and O–H groups in total. The number of carbonyl (C=O) groups excluding carboxylic acids is 1. The Hall–Kier alpha value is -1.55. The Kier molecular flexibility index (Phi) is 3.30. The van der Waals surface area contributed by atoms with E-state index in [1.54, 1.807) is 21.1 Å². The number of carbonyl (C=O) groups is 1. The molecule has 0 aromatic heterocycles. The van der Waals surface area contributed by atoms with Crippen LogP contribution in [0.4, 0.5) is 0 Å². The third-order valence-corrected chi connectivity index (χ3v) is 3.60. The summed E-state index contributed by atoms with van der Waals surface area (Å²) in [5, 5.41) is 0. The number of hydrogen-bond acceptors (Lipinski definition) is 4. The number of ether oxygens (including phenoxy) is 3. The summed E-state index contributed by atoms with van der Waals surface area (Å²) in [5.74, 6) is 1.57. The van der Waals surface area contributed by atoms with Gasteiger partial charge in [0.05, 0.1) is 27.4 Å². The minimum Gasteiger partial charge on any atom is -0.496 e. The molecule has 1 heterocycles. The average molecular weight is 250 g/mol. The van der Waals surface area contributed by atoms with Crippen molar-refractivity contribution in [3.63, 3.8) is 0 Å². The van der Waals surface area contributed by atoms with Crippen LogP contribution in [0.2, 0.25) is 0 Å². The molecule has 0 bridgehead atoms. The van der Waals surface area contributed by atoms with E-state index in [4.69, 9.17) is 14.2 Å².